The van der Waals surface area contributed by atoms with Crippen LogP contribution in [0.2, 0.25) is 0 Å². The number of amidine groups is 1. The van der Waals surface area contributed by atoms with E-state index in [4.69, 9.17) is 9.98 Å². The van der Waals surface area contributed by atoms with E-state index >= 15 is 0 Å². The molecule has 274 valence electrons. The van der Waals surface area contributed by atoms with E-state index in [1.807, 2.05) is 0 Å². The molecule has 10 aromatic rings. The average molecular weight is 743 g/mol. The molecule has 0 unspecified atom stereocenters. The van der Waals surface area contributed by atoms with Gasteiger partial charge < -0.3 is 9.13 Å². The number of para-hydroxylation sites is 3. The van der Waals surface area contributed by atoms with Crippen LogP contribution in [0.3, 0.4) is 0 Å². The van der Waals surface area contributed by atoms with Crippen LogP contribution in [-0.2, 0) is 0 Å². The third kappa shape index (κ3) is 5.77. The Balaban J connectivity index is 1.16. The highest BCUT2D eigenvalue weighted by Gasteiger charge is 2.21. The van der Waals surface area contributed by atoms with E-state index in [9.17, 15) is 0 Å². The van der Waals surface area contributed by atoms with E-state index in [-0.39, 0.29) is 0 Å². The van der Waals surface area contributed by atoms with Crippen LogP contribution in [-0.4, -0.2) is 20.7 Å². The fourth-order valence-electron chi connectivity index (χ4n) is 8.76. The van der Waals surface area contributed by atoms with Gasteiger partial charge in [-0.3, -0.25) is 0 Å². The highest BCUT2D eigenvalue weighted by Crippen LogP contribution is 2.40. The zero-order valence-electron chi connectivity index (χ0n) is 31.8. The molecule has 4 heteroatoms. The van der Waals surface area contributed by atoms with Gasteiger partial charge in [0.2, 0.25) is 0 Å². The Hall–Kier alpha value is -7.56. The number of hydrogen-bond acceptors (Lipinski definition) is 2. The maximum Gasteiger partial charge on any atom is 0.160 e. The molecule has 0 amide bonds. The van der Waals surface area contributed by atoms with Gasteiger partial charge in [0, 0.05) is 38.5 Å². The average Bonchev–Trinajstić information content (AvgIpc) is 3.80. The molecule has 0 atom stereocenters. The molecule has 0 fully saturated rings. The first kappa shape index (κ1) is 33.8. The topological polar surface area (TPSA) is 34.6 Å². The van der Waals surface area contributed by atoms with Gasteiger partial charge in [0.25, 0.3) is 0 Å². The molecule has 0 saturated heterocycles. The minimum absolute atomic E-state index is 0.715. The summed E-state index contributed by atoms with van der Waals surface area (Å²) in [6, 6.07) is 71.5. The lowest BCUT2D eigenvalue weighted by Gasteiger charge is -2.14. The Morgan fingerprint density at radius 1 is 0.379 bits per heavy atom. The second-order valence-corrected chi connectivity index (χ2v) is 14.9. The smallest absolute Gasteiger partial charge is 0.160 e. The molecular formula is C54H38N4. The number of benzene rings is 8. The normalized spacial score (nSPS) is 13.3. The van der Waals surface area contributed by atoms with Crippen LogP contribution in [0.25, 0.3) is 71.8 Å². The minimum atomic E-state index is 0.715. The molecule has 0 spiro atoms. The van der Waals surface area contributed by atoms with E-state index in [0.29, 0.717) is 5.84 Å². The van der Waals surface area contributed by atoms with Gasteiger partial charge in [0.05, 0.1) is 33.5 Å². The summed E-state index contributed by atoms with van der Waals surface area (Å²) in [5, 5.41) is 4.76. The van der Waals surface area contributed by atoms with Crippen molar-refractivity contribution < 1.29 is 0 Å². The maximum absolute atomic E-state index is 5.48. The van der Waals surface area contributed by atoms with Crippen molar-refractivity contribution in [2.45, 2.75) is 12.8 Å². The summed E-state index contributed by atoms with van der Waals surface area (Å²) in [6.07, 6.45) is 3.93. The first-order chi connectivity index (χ1) is 28.8. The zero-order chi connectivity index (χ0) is 38.4. The van der Waals surface area contributed by atoms with Crippen LogP contribution in [0.5, 0.6) is 0 Å². The summed E-state index contributed by atoms with van der Waals surface area (Å²) >= 11 is 0. The quantitative estimate of drug-likeness (QED) is 0.163. The summed E-state index contributed by atoms with van der Waals surface area (Å²) in [5.41, 5.74) is 14.4. The second-order valence-electron chi connectivity index (χ2n) is 14.9. The second kappa shape index (κ2) is 14.2. The molecular weight excluding hydrogens is 705 g/mol. The number of fused-ring (bicyclic) bond motifs is 6. The number of aromatic nitrogens is 2. The number of rotatable bonds is 6. The highest BCUT2D eigenvalue weighted by atomic mass is 15.0. The Morgan fingerprint density at radius 3 is 1.60 bits per heavy atom. The van der Waals surface area contributed by atoms with Crippen molar-refractivity contribution >= 4 is 60.9 Å². The lowest BCUT2D eigenvalue weighted by molar-refractivity contribution is 1.08. The van der Waals surface area contributed by atoms with Crippen LogP contribution < -0.4 is 0 Å². The van der Waals surface area contributed by atoms with Gasteiger partial charge in [0.15, 0.2) is 5.84 Å². The van der Waals surface area contributed by atoms with E-state index in [2.05, 4.69) is 215 Å². The van der Waals surface area contributed by atoms with Crippen molar-refractivity contribution in [3.63, 3.8) is 0 Å². The van der Waals surface area contributed by atoms with Gasteiger partial charge in [0.1, 0.15) is 0 Å². The van der Waals surface area contributed by atoms with Crippen LogP contribution in [0.4, 0.5) is 0 Å². The maximum atomic E-state index is 5.48. The SMILES string of the molecule is C1=C(c2ccccc2)N=C(c2cccc3c2c2cc(-c4ccc5c(c4)c4ccccc4n5-c4ccccc4)ccc2n3-c2ccccc2)N=C(c2ccccc2)CC1. The monoisotopic (exact) mass is 742 g/mol. The Bertz CT molecular complexity index is 3240. The summed E-state index contributed by atoms with van der Waals surface area (Å²) in [4.78, 5) is 10.9. The van der Waals surface area contributed by atoms with Gasteiger partial charge in [-0.2, -0.15) is 0 Å². The van der Waals surface area contributed by atoms with Crippen molar-refractivity contribution in [3.05, 3.63) is 223 Å². The summed E-state index contributed by atoms with van der Waals surface area (Å²) in [5.74, 6) is 0.715. The van der Waals surface area contributed by atoms with E-state index < -0.39 is 0 Å². The molecule has 0 saturated carbocycles. The fraction of sp³-hybridized carbons (Fsp3) is 0.0370. The zero-order valence-corrected chi connectivity index (χ0v) is 31.8. The largest absolute Gasteiger partial charge is 0.309 e. The van der Waals surface area contributed by atoms with Crippen molar-refractivity contribution in [2.75, 3.05) is 0 Å². The van der Waals surface area contributed by atoms with Gasteiger partial charge in [-0.1, -0.05) is 146 Å². The summed E-state index contributed by atoms with van der Waals surface area (Å²) < 4.78 is 4.75. The van der Waals surface area contributed by atoms with Crippen LogP contribution in [0.1, 0.15) is 29.5 Å². The number of hydrogen-bond donors (Lipinski definition) is 0. The fourth-order valence-corrected chi connectivity index (χ4v) is 8.76. The standard InChI is InChI=1S/C54H38N4/c1-5-17-37(18-6-1)47-27-16-28-48(38-19-7-2-8-20-38)56-54(55-47)44-26-15-30-52-53(44)46-36-40(32-34-51(46)58(52)42-23-11-4-12-24-42)39-31-33-50-45(35-39)43-25-13-14-29-49(43)57(50)41-21-9-3-10-22-41/h1-15,17-27,29-36H,16,28H2. The Morgan fingerprint density at radius 2 is 0.914 bits per heavy atom. The molecule has 3 heterocycles. The molecule has 11 rings (SSSR count). The molecule has 0 N–H and O–H groups in total. The molecule has 4 nitrogen and oxygen atoms in total. The molecule has 0 bridgehead atoms. The highest BCUT2D eigenvalue weighted by molar-refractivity contribution is 6.24. The van der Waals surface area contributed by atoms with Gasteiger partial charge in [-0.15, -0.1) is 0 Å². The van der Waals surface area contributed by atoms with Crippen LogP contribution in [0.15, 0.2) is 216 Å². The van der Waals surface area contributed by atoms with E-state index in [1.165, 1.54) is 27.4 Å². The van der Waals surface area contributed by atoms with E-state index in [1.54, 1.807) is 0 Å². The van der Waals surface area contributed by atoms with Crippen LogP contribution >= 0.6 is 0 Å². The summed E-state index contributed by atoms with van der Waals surface area (Å²) in [7, 11) is 0. The van der Waals surface area contributed by atoms with Crippen molar-refractivity contribution in [3.8, 4) is 22.5 Å². The van der Waals surface area contributed by atoms with Crippen LogP contribution in [0, 0.1) is 0 Å². The minimum Gasteiger partial charge on any atom is -0.309 e. The van der Waals surface area contributed by atoms with Crippen molar-refractivity contribution in [1.82, 2.24) is 9.13 Å². The Kier molecular flexibility index (Phi) is 8.25. The summed E-state index contributed by atoms with van der Waals surface area (Å²) in [6.45, 7) is 0. The molecule has 58 heavy (non-hydrogen) atoms. The number of nitrogens with zero attached hydrogens (tertiary/aromatic N) is 4. The Labute approximate surface area is 337 Å². The van der Waals surface area contributed by atoms with Crippen molar-refractivity contribution in [2.24, 2.45) is 9.98 Å². The van der Waals surface area contributed by atoms with Gasteiger partial charge in [-0.25, -0.2) is 9.98 Å². The molecule has 2 aromatic heterocycles. The molecule has 0 radical (unpaired) electrons. The predicted molar refractivity (Wildman–Crippen MR) is 244 cm³/mol. The molecule has 8 aromatic carbocycles. The van der Waals surface area contributed by atoms with Gasteiger partial charge >= 0.3 is 0 Å². The molecule has 1 aliphatic rings. The number of allylic oxidation sites excluding steroid dienone is 1. The molecule has 1 aliphatic heterocycles. The first-order valence-electron chi connectivity index (χ1n) is 20.0. The molecule has 0 aliphatic carbocycles. The van der Waals surface area contributed by atoms with Gasteiger partial charge in [-0.05, 0) is 95.8 Å². The lowest BCUT2D eigenvalue weighted by atomic mass is 9.98. The third-order valence-corrected chi connectivity index (χ3v) is 11.4. The predicted octanol–water partition coefficient (Wildman–Crippen LogP) is 13.6. The third-order valence-electron chi connectivity index (χ3n) is 11.4. The lowest BCUT2D eigenvalue weighted by Crippen LogP contribution is -2.09. The first-order valence-corrected chi connectivity index (χ1v) is 20.0. The number of aliphatic imine (C=N–C) groups is 2. The van der Waals surface area contributed by atoms with E-state index in [0.717, 1.165) is 79.7 Å². The van der Waals surface area contributed by atoms with Crippen molar-refractivity contribution in [1.29, 1.82) is 0 Å².